The molecule has 3 aromatic carbocycles. The predicted molar refractivity (Wildman–Crippen MR) is 115 cm³/mol. The topological polar surface area (TPSA) is 66.5 Å². The lowest BCUT2D eigenvalue weighted by Gasteiger charge is -2.28. The molecule has 0 aromatic heterocycles. The van der Waals surface area contributed by atoms with E-state index in [4.69, 9.17) is 0 Å². The number of carbonyl (C=O) groups excluding carboxylic acids is 1. The summed E-state index contributed by atoms with van der Waals surface area (Å²) in [6.45, 7) is 1.27. The summed E-state index contributed by atoms with van der Waals surface area (Å²) in [6.07, 6.45) is 1.13. The van der Waals surface area contributed by atoms with E-state index in [9.17, 15) is 13.2 Å². The van der Waals surface area contributed by atoms with Crippen LogP contribution in [0.5, 0.6) is 0 Å². The van der Waals surface area contributed by atoms with Crippen molar-refractivity contribution < 1.29 is 13.2 Å². The van der Waals surface area contributed by atoms with E-state index in [0.29, 0.717) is 31.6 Å². The largest absolute Gasteiger partial charge is 0.352 e. The fourth-order valence-corrected chi connectivity index (χ4v) is 5.28. The maximum absolute atomic E-state index is 12.7. The van der Waals surface area contributed by atoms with Crippen molar-refractivity contribution in [2.45, 2.75) is 19.4 Å². The molecule has 0 radical (unpaired) electrons. The quantitative estimate of drug-likeness (QED) is 0.636. The Kier molecular flexibility index (Phi) is 5.65. The van der Waals surface area contributed by atoms with Crippen molar-refractivity contribution in [3.05, 3.63) is 83.4 Å². The third kappa shape index (κ3) is 4.33. The number of benzene rings is 3. The summed E-state index contributed by atoms with van der Waals surface area (Å²) in [5, 5.41) is 4.76. The number of rotatable bonds is 6. The van der Waals surface area contributed by atoms with Crippen molar-refractivity contribution in [1.82, 2.24) is 9.62 Å². The summed E-state index contributed by atoms with van der Waals surface area (Å²) in [7, 11) is -3.34. The predicted octanol–water partition coefficient (Wildman–Crippen LogP) is 3.35. The van der Waals surface area contributed by atoms with Crippen LogP contribution in [0.1, 0.15) is 27.9 Å². The number of nitrogens with zero attached hydrogens (tertiary/aromatic N) is 1. The summed E-state index contributed by atoms with van der Waals surface area (Å²) < 4.78 is 27.0. The molecule has 1 amide bonds. The molecule has 1 N–H and O–H groups in total. The fraction of sp³-hybridized carbons (Fsp3) is 0.261. The van der Waals surface area contributed by atoms with Gasteiger partial charge in [-0.1, -0.05) is 60.7 Å². The van der Waals surface area contributed by atoms with Gasteiger partial charge < -0.3 is 5.32 Å². The van der Waals surface area contributed by atoms with Crippen molar-refractivity contribution in [2.24, 2.45) is 0 Å². The Balaban J connectivity index is 1.32. The number of fused-ring (bicyclic) bond motifs is 2. The maximum Gasteiger partial charge on any atom is 0.251 e. The van der Waals surface area contributed by atoms with Crippen molar-refractivity contribution in [3.63, 3.8) is 0 Å². The Hall–Kier alpha value is -2.70. The van der Waals surface area contributed by atoms with E-state index < -0.39 is 10.0 Å². The number of nitrogens with one attached hydrogen (secondary N) is 1. The van der Waals surface area contributed by atoms with Gasteiger partial charge in [0, 0.05) is 25.2 Å². The Bertz CT molecular complexity index is 1140. The van der Waals surface area contributed by atoms with Crippen molar-refractivity contribution >= 4 is 26.7 Å². The summed E-state index contributed by atoms with van der Waals surface area (Å²) in [5.74, 6) is -0.142. The zero-order chi connectivity index (χ0) is 20.3. The molecule has 0 saturated carbocycles. The minimum atomic E-state index is -3.34. The fourth-order valence-electron chi connectivity index (χ4n) is 3.81. The van der Waals surface area contributed by atoms with E-state index in [1.165, 1.54) is 5.56 Å². The minimum absolute atomic E-state index is 0.0327. The lowest BCUT2D eigenvalue weighted by atomic mass is 10.0. The van der Waals surface area contributed by atoms with Gasteiger partial charge in [-0.15, -0.1) is 0 Å². The van der Waals surface area contributed by atoms with Crippen LogP contribution in [0.3, 0.4) is 0 Å². The van der Waals surface area contributed by atoms with E-state index in [1.54, 1.807) is 10.4 Å². The third-order valence-electron chi connectivity index (χ3n) is 5.39. The van der Waals surface area contributed by atoms with Gasteiger partial charge in [0.25, 0.3) is 5.91 Å². The first kappa shape index (κ1) is 19.6. The lowest BCUT2D eigenvalue weighted by Crippen LogP contribution is -2.38. The number of amides is 1. The standard InChI is InChI=1S/C23H24N2O3S/c26-23(22-12-5-10-19-8-3-4-11-21(19)22)24-14-6-16-29(27,28)25-15-13-18-7-1-2-9-20(18)17-25/h1-5,7-12H,6,13-17H2,(H,24,26). The highest BCUT2D eigenvalue weighted by molar-refractivity contribution is 7.89. The van der Waals surface area contributed by atoms with E-state index >= 15 is 0 Å². The number of sulfonamides is 1. The van der Waals surface area contributed by atoms with Crippen LogP contribution in [0.25, 0.3) is 10.8 Å². The van der Waals surface area contributed by atoms with Crippen molar-refractivity contribution in [2.75, 3.05) is 18.8 Å². The van der Waals surface area contributed by atoms with Crippen LogP contribution in [-0.2, 0) is 23.0 Å². The average molecular weight is 409 g/mol. The number of carbonyl (C=O) groups is 1. The third-order valence-corrected chi connectivity index (χ3v) is 7.29. The van der Waals surface area contributed by atoms with Crippen LogP contribution in [0.4, 0.5) is 0 Å². The van der Waals surface area contributed by atoms with Gasteiger partial charge in [-0.05, 0) is 40.8 Å². The van der Waals surface area contributed by atoms with Crippen LogP contribution in [-0.4, -0.2) is 37.5 Å². The first-order valence-electron chi connectivity index (χ1n) is 9.85. The van der Waals surface area contributed by atoms with Crippen LogP contribution in [0.2, 0.25) is 0 Å². The van der Waals surface area contributed by atoms with Gasteiger partial charge in [0.2, 0.25) is 10.0 Å². The second kappa shape index (κ2) is 8.35. The summed E-state index contributed by atoms with van der Waals surface area (Å²) in [5.41, 5.74) is 2.91. The highest BCUT2D eigenvalue weighted by Crippen LogP contribution is 2.21. The molecule has 0 aliphatic carbocycles. The minimum Gasteiger partial charge on any atom is -0.352 e. The molecule has 150 valence electrons. The molecular weight excluding hydrogens is 384 g/mol. The maximum atomic E-state index is 12.7. The van der Waals surface area contributed by atoms with Gasteiger partial charge in [-0.3, -0.25) is 4.79 Å². The van der Waals surface area contributed by atoms with Gasteiger partial charge >= 0.3 is 0 Å². The molecule has 0 saturated heterocycles. The number of hydrogen-bond donors (Lipinski definition) is 1. The zero-order valence-corrected chi connectivity index (χ0v) is 17.0. The summed E-state index contributed by atoms with van der Waals surface area (Å²) >= 11 is 0. The zero-order valence-electron chi connectivity index (χ0n) is 16.2. The molecule has 0 atom stereocenters. The molecular formula is C23H24N2O3S. The van der Waals surface area contributed by atoms with E-state index in [-0.39, 0.29) is 11.7 Å². The average Bonchev–Trinajstić information content (AvgIpc) is 2.76. The molecule has 0 spiro atoms. The van der Waals surface area contributed by atoms with Crippen LogP contribution >= 0.6 is 0 Å². The highest BCUT2D eigenvalue weighted by Gasteiger charge is 2.26. The highest BCUT2D eigenvalue weighted by atomic mass is 32.2. The summed E-state index contributed by atoms with van der Waals surface area (Å²) in [6, 6.07) is 21.3. The van der Waals surface area contributed by atoms with Gasteiger partial charge in [0.15, 0.2) is 0 Å². The molecule has 1 aliphatic heterocycles. The smallest absolute Gasteiger partial charge is 0.251 e. The van der Waals surface area contributed by atoms with Crippen LogP contribution < -0.4 is 5.32 Å². The van der Waals surface area contributed by atoms with Crippen molar-refractivity contribution in [3.8, 4) is 0 Å². The van der Waals surface area contributed by atoms with E-state index in [2.05, 4.69) is 11.4 Å². The van der Waals surface area contributed by atoms with Gasteiger partial charge in [0.1, 0.15) is 0 Å². The first-order chi connectivity index (χ1) is 14.0. The molecule has 29 heavy (non-hydrogen) atoms. The van der Waals surface area contributed by atoms with Gasteiger partial charge in [-0.25, -0.2) is 8.42 Å². The Morgan fingerprint density at radius 3 is 2.52 bits per heavy atom. The molecule has 0 fully saturated rings. The normalized spacial score (nSPS) is 14.5. The Morgan fingerprint density at radius 2 is 1.66 bits per heavy atom. The molecule has 4 rings (SSSR count). The van der Waals surface area contributed by atoms with E-state index in [0.717, 1.165) is 22.8 Å². The Morgan fingerprint density at radius 1 is 0.931 bits per heavy atom. The molecule has 5 nitrogen and oxygen atoms in total. The first-order valence-corrected chi connectivity index (χ1v) is 11.5. The second-order valence-corrected chi connectivity index (χ2v) is 9.39. The van der Waals surface area contributed by atoms with Gasteiger partial charge in [0.05, 0.1) is 5.75 Å². The lowest BCUT2D eigenvalue weighted by molar-refractivity contribution is 0.0955. The van der Waals surface area contributed by atoms with Crippen LogP contribution in [0.15, 0.2) is 66.7 Å². The Labute approximate surface area is 171 Å². The van der Waals surface area contributed by atoms with Crippen LogP contribution in [0, 0.1) is 0 Å². The van der Waals surface area contributed by atoms with Gasteiger partial charge in [-0.2, -0.15) is 4.31 Å². The molecule has 1 heterocycles. The van der Waals surface area contributed by atoms with Crippen molar-refractivity contribution in [1.29, 1.82) is 0 Å². The molecule has 0 unspecified atom stereocenters. The molecule has 1 aliphatic rings. The van der Waals surface area contributed by atoms with E-state index in [1.807, 2.05) is 54.6 Å². The summed E-state index contributed by atoms with van der Waals surface area (Å²) in [4.78, 5) is 12.6. The monoisotopic (exact) mass is 408 g/mol. The molecule has 3 aromatic rings. The second-order valence-electron chi connectivity index (χ2n) is 7.30. The molecule has 0 bridgehead atoms. The molecule has 6 heteroatoms. The SMILES string of the molecule is O=C(NCCCS(=O)(=O)N1CCc2ccccc2C1)c1cccc2ccccc12. The number of hydrogen-bond acceptors (Lipinski definition) is 3.